The van der Waals surface area contributed by atoms with Crippen LogP contribution in [0.5, 0.6) is 5.75 Å². The van der Waals surface area contributed by atoms with E-state index in [0.717, 1.165) is 5.56 Å². The first-order valence-corrected chi connectivity index (χ1v) is 9.92. The molecule has 0 fully saturated rings. The van der Waals surface area contributed by atoms with Gasteiger partial charge in [-0.2, -0.15) is 0 Å². The Morgan fingerprint density at radius 3 is 2.81 bits per heavy atom. The predicted octanol–water partition coefficient (Wildman–Crippen LogP) is 1.83. The van der Waals surface area contributed by atoms with Crippen molar-refractivity contribution in [3.63, 3.8) is 0 Å². The highest BCUT2D eigenvalue weighted by molar-refractivity contribution is 7.91. The number of ether oxygens (including phenoxy) is 1. The highest BCUT2D eigenvalue weighted by Crippen LogP contribution is 2.33. The Morgan fingerprint density at radius 1 is 1.30 bits per heavy atom. The second kappa shape index (κ2) is 7.36. The van der Waals surface area contributed by atoms with Crippen molar-refractivity contribution in [1.29, 1.82) is 0 Å². The van der Waals surface area contributed by atoms with Gasteiger partial charge in [-0.25, -0.2) is 13.4 Å². The number of sulfone groups is 1. The average Bonchev–Trinajstić information content (AvgIpc) is 2.59. The lowest BCUT2D eigenvalue weighted by atomic mass is 10.2. The lowest BCUT2D eigenvalue weighted by Crippen LogP contribution is -2.26. The molecule has 1 aliphatic heterocycles. The first-order valence-electron chi connectivity index (χ1n) is 8.27. The fourth-order valence-electron chi connectivity index (χ4n) is 2.70. The largest absolute Gasteiger partial charge is 0.482 e. The van der Waals surface area contributed by atoms with E-state index in [2.05, 4.69) is 15.6 Å². The number of aromatic nitrogens is 1. The number of benzene rings is 1. The van der Waals surface area contributed by atoms with Gasteiger partial charge in [0.05, 0.1) is 16.3 Å². The predicted molar refractivity (Wildman–Crippen MR) is 99.6 cm³/mol. The molecule has 9 heteroatoms. The fourth-order valence-corrected chi connectivity index (χ4v) is 4.21. The van der Waals surface area contributed by atoms with Crippen LogP contribution in [0.1, 0.15) is 17.5 Å². The maximum absolute atomic E-state index is 12.7. The number of fused-ring (bicyclic) bond motifs is 1. The first kappa shape index (κ1) is 18.8. The fraction of sp³-hybridized carbons (Fsp3) is 0.278. The van der Waals surface area contributed by atoms with Gasteiger partial charge in [0.1, 0.15) is 11.6 Å². The molecule has 0 bridgehead atoms. The molecule has 2 N–H and O–H groups in total. The lowest BCUT2D eigenvalue weighted by molar-refractivity contribution is -0.118. The third kappa shape index (κ3) is 4.43. The number of carbonyl (C=O) groups excluding carboxylic acids is 2. The van der Waals surface area contributed by atoms with Gasteiger partial charge in [0.2, 0.25) is 5.91 Å². The van der Waals surface area contributed by atoms with Crippen LogP contribution in [0.4, 0.5) is 11.5 Å². The Bertz CT molecular complexity index is 1020. The van der Waals surface area contributed by atoms with Crippen molar-refractivity contribution in [2.45, 2.75) is 25.2 Å². The molecule has 1 aromatic carbocycles. The molecule has 2 amide bonds. The molecule has 142 valence electrons. The van der Waals surface area contributed by atoms with Gasteiger partial charge < -0.3 is 15.4 Å². The smallest absolute Gasteiger partial charge is 0.262 e. The molecule has 8 nitrogen and oxygen atoms in total. The highest BCUT2D eigenvalue weighted by Gasteiger charge is 2.24. The van der Waals surface area contributed by atoms with Crippen molar-refractivity contribution in [1.82, 2.24) is 4.98 Å². The number of anilines is 2. The van der Waals surface area contributed by atoms with Gasteiger partial charge in [-0.15, -0.1) is 0 Å². The zero-order valence-electron chi connectivity index (χ0n) is 14.9. The molecule has 2 aromatic rings. The van der Waals surface area contributed by atoms with E-state index in [9.17, 15) is 18.0 Å². The number of rotatable bonds is 5. The molecule has 1 aromatic heterocycles. The van der Waals surface area contributed by atoms with Crippen LogP contribution in [0, 0.1) is 13.8 Å². The molecule has 3 rings (SSSR count). The van der Waals surface area contributed by atoms with Gasteiger partial charge >= 0.3 is 0 Å². The van der Waals surface area contributed by atoms with E-state index in [0.29, 0.717) is 22.8 Å². The number of hydrogen-bond acceptors (Lipinski definition) is 6. The van der Waals surface area contributed by atoms with Crippen LogP contribution in [-0.4, -0.2) is 37.6 Å². The van der Waals surface area contributed by atoms with E-state index in [-0.39, 0.29) is 29.6 Å². The molecule has 0 saturated carbocycles. The number of amides is 2. The zero-order valence-corrected chi connectivity index (χ0v) is 15.7. The Kier molecular flexibility index (Phi) is 5.13. The summed E-state index contributed by atoms with van der Waals surface area (Å²) in [5, 5.41) is 5.22. The van der Waals surface area contributed by atoms with E-state index >= 15 is 0 Å². The summed E-state index contributed by atoms with van der Waals surface area (Å²) in [6.45, 7) is 3.33. The van der Waals surface area contributed by atoms with Crippen molar-refractivity contribution in [3.8, 4) is 5.75 Å². The van der Waals surface area contributed by atoms with Crippen LogP contribution in [0.2, 0.25) is 0 Å². The zero-order chi connectivity index (χ0) is 19.6. The first-order chi connectivity index (χ1) is 12.7. The molecular weight excluding hydrogens is 370 g/mol. The minimum Gasteiger partial charge on any atom is -0.482 e. The molecule has 27 heavy (non-hydrogen) atoms. The van der Waals surface area contributed by atoms with Gasteiger partial charge in [-0.3, -0.25) is 9.59 Å². The molecule has 0 atom stereocenters. The van der Waals surface area contributed by atoms with Crippen LogP contribution < -0.4 is 15.4 Å². The van der Waals surface area contributed by atoms with Crippen molar-refractivity contribution in [2.75, 3.05) is 23.0 Å². The topological polar surface area (TPSA) is 114 Å². The van der Waals surface area contributed by atoms with E-state index < -0.39 is 15.7 Å². The summed E-state index contributed by atoms with van der Waals surface area (Å²) in [6.07, 6.45) is 1.36. The van der Waals surface area contributed by atoms with Gasteiger partial charge in [0.15, 0.2) is 16.4 Å². The van der Waals surface area contributed by atoms with Crippen molar-refractivity contribution >= 4 is 33.2 Å². The summed E-state index contributed by atoms with van der Waals surface area (Å²) in [7, 11) is -3.71. The van der Waals surface area contributed by atoms with E-state index in [1.54, 1.807) is 31.3 Å². The molecule has 0 saturated heterocycles. The van der Waals surface area contributed by atoms with Crippen molar-refractivity contribution in [2.24, 2.45) is 0 Å². The molecule has 1 aliphatic rings. The minimum atomic E-state index is -3.71. The monoisotopic (exact) mass is 389 g/mol. The van der Waals surface area contributed by atoms with Crippen LogP contribution in [0.15, 0.2) is 35.4 Å². The molecular formula is C18H19N3O5S. The molecule has 0 unspecified atom stereocenters. The third-order valence-corrected chi connectivity index (χ3v) is 5.88. The Labute approximate surface area is 156 Å². The van der Waals surface area contributed by atoms with E-state index in [1.165, 1.54) is 6.07 Å². The van der Waals surface area contributed by atoms with Crippen LogP contribution >= 0.6 is 0 Å². The number of aryl methyl sites for hydroxylation is 2. The Balaban J connectivity index is 1.71. The molecule has 0 radical (unpaired) electrons. The number of nitrogens with one attached hydrogen (secondary N) is 2. The summed E-state index contributed by atoms with van der Waals surface area (Å²) in [4.78, 5) is 27.5. The number of pyridine rings is 1. The molecule has 2 heterocycles. The molecule has 0 aliphatic carbocycles. The third-order valence-electron chi connectivity index (χ3n) is 4.03. The number of carbonyl (C=O) groups is 2. The number of nitrogens with zero attached hydrogens (tertiary/aromatic N) is 1. The Hall–Kier alpha value is -2.94. The minimum absolute atomic E-state index is 0.0823. The quantitative estimate of drug-likeness (QED) is 0.806. The van der Waals surface area contributed by atoms with Crippen molar-refractivity contribution < 1.29 is 22.7 Å². The van der Waals surface area contributed by atoms with Gasteiger partial charge in [-0.05, 0) is 43.2 Å². The summed E-state index contributed by atoms with van der Waals surface area (Å²) >= 11 is 0. The summed E-state index contributed by atoms with van der Waals surface area (Å²) < 4.78 is 30.6. The molecule has 0 spiro atoms. The normalized spacial score (nSPS) is 13.3. The van der Waals surface area contributed by atoms with Gasteiger partial charge in [0, 0.05) is 18.7 Å². The van der Waals surface area contributed by atoms with Crippen molar-refractivity contribution in [3.05, 3.63) is 41.6 Å². The van der Waals surface area contributed by atoms with Gasteiger partial charge in [0.25, 0.3) is 5.91 Å². The van der Waals surface area contributed by atoms with Gasteiger partial charge in [-0.1, -0.05) is 0 Å². The lowest BCUT2D eigenvalue weighted by Gasteiger charge is -2.20. The number of hydrogen-bond donors (Lipinski definition) is 2. The van der Waals surface area contributed by atoms with Crippen LogP contribution in [0.25, 0.3) is 0 Å². The maximum Gasteiger partial charge on any atom is 0.262 e. The van der Waals surface area contributed by atoms with Crippen LogP contribution in [-0.2, 0) is 19.4 Å². The second-order valence-corrected chi connectivity index (χ2v) is 8.36. The summed E-state index contributed by atoms with van der Waals surface area (Å²) in [5.41, 5.74) is 1.84. The summed E-state index contributed by atoms with van der Waals surface area (Å²) in [6, 6.07) is 6.44. The second-order valence-electron chi connectivity index (χ2n) is 6.29. The SMILES string of the molecule is Cc1ccnc(NC(=O)CCS(=O)(=O)c2cc3c(cc2C)NC(=O)CO3)c1. The highest BCUT2D eigenvalue weighted by atomic mass is 32.2. The average molecular weight is 389 g/mol. The standard InChI is InChI=1S/C18H19N3O5S/c1-11-3-5-19-16(7-11)21-17(22)4-6-27(24,25)15-9-14-13(8-12(15)2)20-18(23)10-26-14/h3,5,7-9H,4,6,10H2,1-2H3,(H,20,23)(H,19,21,22). The van der Waals surface area contributed by atoms with E-state index in [4.69, 9.17) is 4.74 Å². The maximum atomic E-state index is 12.7. The Morgan fingerprint density at radius 2 is 2.07 bits per heavy atom. The van der Waals surface area contributed by atoms with E-state index in [1.807, 2.05) is 6.92 Å². The van der Waals surface area contributed by atoms with Crippen LogP contribution in [0.3, 0.4) is 0 Å². The summed E-state index contributed by atoms with van der Waals surface area (Å²) in [5.74, 6) is -0.398.